The van der Waals surface area contributed by atoms with Gasteiger partial charge in [0, 0.05) is 11.8 Å². The van der Waals surface area contributed by atoms with E-state index in [1.165, 1.54) is 6.07 Å². The van der Waals surface area contributed by atoms with Crippen molar-refractivity contribution in [3.8, 4) is 0 Å². The Morgan fingerprint density at radius 3 is 2.32 bits per heavy atom. The smallest absolute Gasteiger partial charge is 0.250 e. The quantitative estimate of drug-likeness (QED) is 0.744. The molecule has 0 saturated carbocycles. The summed E-state index contributed by atoms with van der Waals surface area (Å²) < 4.78 is 26.1. The maximum absolute atomic E-state index is 13.1. The Morgan fingerprint density at radius 2 is 1.74 bits per heavy atom. The molecule has 5 N–H and O–H groups in total. The summed E-state index contributed by atoms with van der Waals surface area (Å²) in [6, 6.07) is 7.58. The van der Waals surface area contributed by atoms with Crippen LogP contribution in [0.2, 0.25) is 0 Å². The first-order chi connectivity index (χ1) is 8.97. The molecule has 4 nitrogen and oxygen atoms in total. The van der Waals surface area contributed by atoms with E-state index in [1.54, 1.807) is 12.1 Å². The Morgan fingerprint density at radius 1 is 1.11 bits per heavy atom. The second kappa shape index (κ2) is 4.93. The topological polar surface area (TPSA) is 81.1 Å². The van der Waals surface area contributed by atoms with E-state index in [0.717, 1.165) is 18.2 Å². The number of nitrogens with two attached hydrogens (primary N) is 2. The first kappa shape index (κ1) is 12.8. The average molecular weight is 263 g/mol. The molecular formula is C13H11F2N3O. The van der Waals surface area contributed by atoms with Gasteiger partial charge in [-0.3, -0.25) is 4.79 Å². The zero-order valence-corrected chi connectivity index (χ0v) is 9.78. The summed E-state index contributed by atoms with van der Waals surface area (Å²) in [5, 5.41) is 2.74. The van der Waals surface area contributed by atoms with Gasteiger partial charge in [0.25, 0.3) is 5.91 Å². The van der Waals surface area contributed by atoms with Crippen molar-refractivity contribution in [1.82, 2.24) is 0 Å². The Labute approximate surface area is 108 Å². The number of para-hydroxylation sites is 1. The number of halogens is 2. The highest BCUT2D eigenvalue weighted by Crippen LogP contribution is 2.26. The maximum atomic E-state index is 13.1. The van der Waals surface area contributed by atoms with Gasteiger partial charge in [-0.1, -0.05) is 6.07 Å². The standard InChI is InChI=1S/C13H11F2N3O/c14-7-4-8(15)6-9(5-7)18-11-3-1-2-10(12(11)16)13(17)19/h1-6,18H,16H2,(H2,17,19). The molecule has 0 aromatic heterocycles. The summed E-state index contributed by atoms with van der Waals surface area (Å²) >= 11 is 0. The van der Waals surface area contributed by atoms with Crippen LogP contribution in [0.3, 0.4) is 0 Å². The van der Waals surface area contributed by atoms with Crippen molar-refractivity contribution in [3.63, 3.8) is 0 Å². The minimum Gasteiger partial charge on any atom is -0.396 e. The summed E-state index contributed by atoms with van der Waals surface area (Å²) in [6.45, 7) is 0. The number of amides is 1. The molecule has 0 aliphatic carbocycles. The molecule has 2 rings (SSSR count). The lowest BCUT2D eigenvalue weighted by Crippen LogP contribution is -2.14. The molecule has 0 aliphatic rings. The van der Waals surface area contributed by atoms with E-state index in [-0.39, 0.29) is 16.9 Å². The van der Waals surface area contributed by atoms with Gasteiger partial charge in [0.1, 0.15) is 11.6 Å². The third kappa shape index (κ3) is 2.79. The van der Waals surface area contributed by atoms with Crippen molar-refractivity contribution >= 4 is 23.0 Å². The van der Waals surface area contributed by atoms with Crippen LogP contribution in [0.25, 0.3) is 0 Å². The van der Waals surface area contributed by atoms with Gasteiger partial charge in [-0.05, 0) is 24.3 Å². The summed E-state index contributed by atoms with van der Waals surface area (Å²) in [7, 11) is 0. The number of carbonyl (C=O) groups excluding carboxylic acids is 1. The predicted octanol–water partition coefficient (Wildman–Crippen LogP) is 2.39. The van der Waals surface area contributed by atoms with Gasteiger partial charge in [0.15, 0.2) is 0 Å². The van der Waals surface area contributed by atoms with Crippen LogP contribution in [0.5, 0.6) is 0 Å². The molecule has 0 radical (unpaired) electrons. The van der Waals surface area contributed by atoms with Gasteiger partial charge in [0.05, 0.1) is 16.9 Å². The van der Waals surface area contributed by atoms with Crippen molar-refractivity contribution in [2.45, 2.75) is 0 Å². The first-order valence-electron chi connectivity index (χ1n) is 5.39. The van der Waals surface area contributed by atoms with E-state index >= 15 is 0 Å². The number of hydrogen-bond acceptors (Lipinski definition) is 3. The third-order valence-corrected chi connectivity index (χ3v) is 2.51. The minimum absolute atomic E-state index is 0.125. The highest BCUT2D eigenvalue weighted by Gasteiger charge is 2.10. The molecule has 0 atom stereocenters. The van der Waals surface area contributed by atoms with Gasteiger partial charge in [-0.25, -0.2) is 8.78 Å². The number of nitrogens with one attached hydrogen (secondary N) is 1. The number of carbonyl (C=O) groups is 1. The zero-order chi connectivity index (χ0) is 14.0. The molecule has 0 saturated heterocycles. The molecule has 0 aliphatic heterocycles. The van der Waals surface area contributed by atoms with E-state index in [9.17, 15) is 13.6 Å². The van der Waals surface area contributed by atoms with E-state index in [1.807, 2.05) is 0 Å². The fourth-order valence-corrected chi connectivity index (χ4v) is 1.67. The normalized spacial score (nSPS) is 10.2. The largest absolute Gasteiger partial charge is 0.396 e. The summed E-state index contributed by atoms with van der Waals surface area (Å²) in [6.07, 6.45) is 0. The molecule has 2 aromatic carbocycles. The van der Waals surface area contributed by atoms with E-state index in [4.69, 9.17) is 11.5 Å². The van der Waals surface area contributed by atoms with Crippen LogP contribution in [0.15, 0.2) is 36.4 Å². The highest BCUT2D eigenvalue weighted by atomic mass is 19.1. The summed E-state index contributed by atoms with van der Waals surface area (Å²) in [5.41, 5.74) is 11.7. The minimum atomic E-state index is -0.716. The van der Waals surface area contributed by atoms with Crippen LogP contribution in [-0.2, 0) is 0 Å². The lowest BCUT2D eigenvalue weighted by Gasteiger charge is -2.11. The number of nitrogen functional groups attached to an aromatic ring is 1. The van der Waals surface area contributed by atoms with Crippen LogP contribution in [0.1, 0.15) is 10.4 Å². The van der Waals surface area contributed by atoms with Gasteiger partial charge in [-0.2, -0.15) is 0 Å². The van der Waals surface area contributed by atoms with Crippen LogP contribution >= 0.6 is 0 Å². The van der Waals surface area contributed by atoms with E-state index in [2.05, 4.69) is 5.32 Å². The average Bonchev–Trinajstić information content (AvgIpc) is 2.30. The molecule has 0 unspecified atom stereocenters. The Hall–Kier alpha value is -2.63. The van der Waals surface area contributed by atoms with Crippen LogP contribution in [0, 0.1) is 11.6 Å². The van der Waals surface area contributed by atoms with Crippen molar-refractivity contribution in [2.75, 3.05) is 11.1 Å². The number of anilines is 3. The molecule has 19 heavy (non-hydrogen) atoms. The van der Waals surface area contributed by atoms with Crippen molar-refractivity contribution in [2.24, 2.45) is 5.73 Å². The van der Waals surface area contributed by atoms with Gasteiger partial charge in [0.2, 0.25) is 0 Å². The highest BCUT2D eigenvalue weighted by molar-refractivity contribution is 6.01. The Bertz CT molecular complexity index is 624. The van der Waals surface area contributed by atoms with Crippen molar-refractivity contribution in [1.29, 1.82) is 0 Å². The lowest BCUT2D eigenvalue weighted by atomic mass is 10.1. The molecule has 6 heteroatoms. The molecular weight excluding hydrogens is 252 g/mol. The zero-order valence-electron chi connectivity index (χ0n) is 9.78. The van der Waals surface area contributed by atoms with Crippen LogP contribution in [0.4, 0.5) is 25.8 Å². The summed E-state index contributed by atoms with van der Waals surface area (Å²) in [4.78, 5) is 11.1. The van der Waals surface area contributed by atoms with E-state index in [0.29, 0.717) is 5.69 Å². The molecule has 2 aromatic rings. The lowest BCUT2D eigenvalue weighted by molar-refractivity contribution is 0.100. The van der Waals surface area contributed by atoms with Gasteiger partial charge < -0.3 is 16.8 Å². The van der Waals surface area contributed by atoms with Crippen molar-refractivity contribution in [3.05, 3.63) is 53.6 Å². The molecule has 1 amide bonds. The first-order valence-corrected chi connectivity index (χ1v) is 5.39. The number of hydrogen-bond donors (Lipinski definition) is 3. The van der Waals surface area contributed by atoms with Gasteiger partial charge >= 0.3 is 0 Å². The number of primary amides is 1. The molecule has 0 spiro atoms. The second-order valence-corrected chi connectivity index (χ2v) is 3.91. The Balaban J connectivity index is 2.38. The second-order valence-electron chi connectivity index (χ2n) is 3.91. The molecule has 98 valence electrons. The van der Waals surface area contributed by atoms with Crippen LogP contribution < -0.4 is 16.8 Å². The number of benzene rings is 2. The molecule has 0 bridgehead atoms. The van der Waals surface area contributed by atoms with E-state index < -0.39 is 17.5 Å². The summed E-state index contributed by atoms with van der Waals surface area (Å²) in [5.74, 6) is -2.11. The third-order valence-electron chi connectivity index (χ3n) is 2.51. The van der Waals surface area contributed by atoms with Crippen molar-refractivity contribution < 1.29 is 13.6 Å². The maximum Gasteiger partial charge on any atom is 0.250 e. The molecule has 0 heterocycles. The fourth-order valence-electron chi connectivity index (χ4n) is 1.67. The molecule has 0 fully saturated rings. The van der Waals surface area contributed by atoms with Gasteiger partial charge in [-0.15, -0.1) is 0 Å². The SMILES string of the molecule is NC(=O)c1cccc(Nc2cc(F)cc(F)c2)c1N. The fraction of sp³-hybridized carbons (Fsp3) is 0. The number of rotatable bonds is 3. The predicted molar refractivity (Wildman–Crippen MR) is 69.0 cm³/mol. The Kier molecular flexibility index (Phi) is 3.33. The monoisotopic (exact) mass is 263 g/mol. The van der Waals surface area contributed by atoms with Crippen LogP contribution in [-0.4, -0.2) is 5.91 Å².